The van der Waals surface area contributed by atoms with Crippen molar-refractivity contribution in [2.45, 2.75) is 182 Å². The van der Waals surface area contributed by atoms with Crippen LogP contribution in [0.2, 0.25) is 0 Å². The van der Waals surface area contributed by atoms with Gasteiger partial charge in [0, 0.05) is 0 Å². The molecular weight excluding hydrogens is 769 g/mol. The lowest BCUT2D eigenvalue weighted by Gasteiger charge is -2.27. The second-order valence-electron chi connectivity index (χ2n) is 19.5. The Morgan fingerprint density at radius 3 is 0.839 bits per heavy atom. The summed E-state index contributed by atoms with van der Waals surface area (Å²) in [6.07, 6.45) is 6.55. The number of phenolic OH excluding ortho intramolecular Hbond substituents is 2. The fraction of sp³-hybridized carbons (Fsp3) is 0.500. The molecule has 302 valence electrons. The summed E-state index contributed by atoms with van der Waals surface area (Å²) < 4.78 is 13.8. The SMILES string of the molecule is CC(C)(C)c1cc2c(O)c(c1)Sc1cc(C(C)(C)C)cc3c1OCCCCCCCCOc1c(cc(C(C)(C)C)cc1S3)Sc1cc(C(C)(C)C)cc(c1O)S2. The number of fused-ring (bicyclic) bond motifs is 4. The lowest BCUT2D eigenvalue weighted by Crippen LogP contribution is -2.13. The van der Waals surface area contributed by atoms with Gasteiger partial charge in [0.2, 0.25) is 0 Å². The van der Waals surface area contributed by atoms with E-state index >= 15 is 0 Å². The summed E-state index contributed by atoms with van der Waals surface area (Å²) >= 11 is 6.31. The Morgan fingerprint density at radius 2 is 0.571 bits per heavy atom. The third kappa shape index (κ3) is 10.0. The number of phenols is 2. The molecule has 56 heavy (non-hydrogen) atoms. The maximum absolute atomic E-state index is 12.2. The van der Waals surface area contributed by atoms with E-state index < -0.39 is 0 Å². The first kappa shape index (κ1) is 43.1. The number of benzene rings is 4. The number of ether oxygens (including phenoxy) is 2. The van der Waals surface area contributed by atoms with E-state index in [1.54, 1.807) is 35.3 Å². The Morgan fingerprint density at radius 1 is 0.357 bits per heavy atom. The van der Waals surface area contributed by atoms with Gasteiger partial charge in [0.05, 0.1) is 52.4 Å². The average Bonchev–Trinajstić information content (AvgIpc) is 3.08. The third-order valence-corrected chi connectivity index (χ3v) is 14.7. The number of aromatic hydroxyl groups is 2. The minimum atomic E-state index is -0.184. The van der Waals surface area contributed by atoms with Crippen molar-refractivity contribution in [1.82, 2.24) is 0 Å². The van der Waals surface area contributed by atoms with Gasteiger partial charge in [-0.2, -0.15) is 0 Å². The standard InChI is InChI=1S/C48H62O4S4/c1-45(2,3)29-21-33-41(49)35(23-29)54-37-25-31(47(7,8)9)27-39-43(37)51-19-17-15-13-14-16-18-20-52-44-38(26-32(48(10,11)12)28-40(44)56-39)55-36-24-30(46(4,5)6)22-34(53-33)42(36)50/h21-28,49-50H,13-20H2,1-12H3. The van der Waals surface area contributed by atoms with Crippen LogP contribution in [-0.2, 0) is 21.7 Å². The van der Waals surface area contributed by atoms with Crippen LogP contribution in [0.25, 0.3) is 0 Å². The Hall–Kier alpha value is -2.52. The summed E-state index contributed by atoms with van der Waals surface area (Å²) in [4.78, 5) is 7.01. The van der Waals surface area contributed by atoms with Crippen LogP contribution >= 0.6 is 47.0 Å². The molecular formula is C48H62O4S4. The van der Waals surface area contributed by atoms with Crippen molar-refractivity contribution in [1.29, 1.82) is 0 Å². The summed E-state index contributed by atoms with van der Waals surface area (Å²) in [6, 6.07) is 17.6. The second-order valence-corrected chi connectivity index (χ2v) is 23.8. The highest BCUT2D eigenvalue weighted by Crippen LogP contribution is 2.56. The quantitative estimate of drug-likeness (QED) is 0.160. The lowest BCUT2D eigenvalue weighted by atomic mass is 9.87. The molecule has 0 fully saturated rings. The highest BCUT2D eigenvalue weighted by atomic mass is 32.2. The highest BCUT2D eigenvalue weighted by molar-refractivity contribution is 8.01. The molecule has 4 aromatic carbocycles. The number of rotatable bonds is 0. The fourth-order valence-corrected chi connectivity index (χ4v) is 11.2. The van der Waals surface area contributed by atoms with Gasteiger partial charge in [-0.3, -0.25) is 0 Å². The van der Waals surface area contributed by atoms with Gasteiger partial charge in [-0.25, -0.2) is 0 Å². The molecule has 0 amide bonds. The van der Waals surface area contributed by atoms with Gasteiger partial charge in [-0.05, 0) is 105 Å². The molecule has 0 unspecified atom stereocenters. The van der Waals surface area contributed by atoms with Gasteiger partial charge in [0.1, 0.15) is 23.0 Å². The largest absolute Gasteiger partial charge is 0.506 e. The summed E-state index contributed by atoms with van der Waals surface area (Å²) in [6.45, 7) is 28.1. The van der Waals surface area contributed by atoms with E-state index in [0.717, 1.165) is 77.7 Å². The van der Waals surface area contributed by atoms with Gasteiger partial charge in [-0.1, -0.05) is 156 Å². The zero-order valence-corrected chi connectivity index (χ0v) is 38.9. The van der Waals surface area contributed by atoms with Crippen LogP contribution in [0.1, 0.15) is 144 Å². The van der Waals surface area contributed by atoms with Crippen LogP contribution in [0.4, 0.5) is 0 Å². The molecule has 0 aromatic heterocycles. The molecule has 2 heterocycles. The van der Waals surface area contributed by atoms with E-state index in [9.17, 15) is 10.2 Å². The van der Waals surface area contributed by atoms with E-state index in [1.807, 2.05) is 0 Å². The molecule has 0 aliphatic carbocycles. The molecule has 2 aliphatic heterocycles. The summed E-state index contributed by atoms with van der Waals surface area (Å²) in [7, 11) is 0. The van der Waals surface area contributed by atoms with Crippen molar-refractivity contribution in [3.05, 3.63) is 70.8 Å². The molecule has 8 heteroatoms. The van der Waals surface area contributed by atoms with Gasteiger partial charge >= 0.3 is 0 Å². The van der Waals surface area contributed by atoms with Crippen LogP contribution in [0.15, 0.2) is 87.7 Å². The van der Waals surface area contributed by atoms with Crippen LogP contribution in [0.3, 0.4) is 0 Å². The molecule has 2 N–H and O–H groups in total. The number of hydrogen-bond acceptors (Lipinski definition) is 8. The van der Waals surface area contributed by atoms with Crippen molar-refractivity contribution < 1.29 is 19.7 Å². The van der Waals surface area contributed by atoms with E-state index in [0.29, 0.717) is 23.0 Å². The summed E-state index contributed by atoms with van der Waals surface area (Å²) in [5.41, 5.74) is 3.98. The van der Waals surface area contributed by atoms with Crippen molar-refractivity contribution in [3.8, 4) is 23.0 Å². The van der Waals surface area contributed by atoms with E-state index in [2.05, 4.69) is 132 Å². The third-order valence-electron chi connectivity index (χ3n) is 10.5. The maximum atomic E-state index is 12.2. The molecule has 6 rings (SSSR count). The fourth-order valence-electron chi connectivity index (χ4n) is 6.68. The first-order valence-corrected chi connectivity index (χ1v) is 23.5. The number of hydrogen-bond donors (Lipinski definition) is 2. The summed E-state index contributed by atoms with van der Waals surface area (Å²) in [5, 5.41) is 24.5. The van der Waals surface area contributed by atoms with Crippen LogP contribution < -0.4 is 9.47 Å². The second kappa shape index (κ2) is 16.6. The normalized spacial score (nSPS) is 16.1. The van der Waals surface area contributed by atoms with Crippen LogP contribution in [0, 0.1) is 0 Å². The topological polar surface area (TPSA) is 58.9 Å². The highest BCUT2D eigenvalue weighted by Gasteiger charge is 2.29. The maximum Gasteiger partial charge on any atom is 0.147 e. The Kier molecular flexibility index (Phi) is 12.8. The first-order chi connectivity index (χ1) is 26.1. The monoisotopic (exact) mass is 830 g/mol. The van der Waals surface area contributed by atoms with E-state index in [-0.39, 0.29) is 33.2 Å². The molecule has 4 aromatic rings. The first-order valence-electron chi connectivity index (χ1n) is 20.2. The Bertz CT molecular complexity index is 1930. The van der Waals surface area contributed by atoms with Crippen LogP contribution in [-0.4, -0.2) is 23.4 Å². The van der Waals surface area contributed by atoms with Crippen molar-refractivity contribution in [2.75, 3.05) is 13.2 Å². The Balaban J connectivity index is 1.74. The smallest absolute Gasteiger partial charge is 0.147 e. The predicted molar refractivity (Wildman–Crippen MR) is 239 cm³/mol. The van der Waals surface area contributed by atoms with E-state index in [1.165, 1.54) is 35.7 Å². The van der Waals surface area contributed by atoms with Gasteiger partial charge in [0.25, 0.3) is 0 Å². The van der Waals surface area contributed by atoms with Gasteiger partial charge in [-0.15, -0.1) is 0 Å². The molecule has 0 saturated carbocycles. The average molecular weight is 831 g/mol. The molecule has 0 spiro atoms. The molecule has 4 nitrogen and oxygen atoms in total. The summed E-state index contributed by atoms with van der Waals surface area (Å²) in [5.74, 6) is 2.13. The lowest BCUT2D eigenvalue weighted by molar-refractivity contribution is 0.285. The minimum Gasteiger partial charge on any atom is -0.506 e. The molecule has 10 bridgehead atoms. The van der Waals surface area contributed by atoms with Crippen molar-refractivity contribution in [3.63, 3.8) is 0 Å². The zero-order valence-electron chi connectivity index (χ0n) is 35.6. The minimum absolute atomic E-state index is 0.141. The zero-order chi connectivity index (χ0) is 40.8. The van der Waals surface area contributed by atoms with Crippen molar-refractivity contribution in [2.24, 2.45) is 0 Å². The molecule has 0 saturated heterocycles. The molecule has 0 radical (unpaired) electrons. The van der Waals surface area contributed by atoms with E-state index in [4.69, 9.17) is 9.47 Å². The van der Waals surface area contributed by atoms with Gasteiger partial charge in [0.15, 0.2) is 0 Å². The Labute approximate surface area is 354 Å². The van der Waals surface area contributed by atoms with Gasteiger partial charge < -0.3 is 19.7 Å². The van der Waals surface area contributed by atoms with Crippen molar-refractivity contribution >= 4 is 47.0 Å². The molecule has 0 atom stereocenters. The van der Waals surface area contributed by atoms with Crippen LogP contribution in [0.5, 0.6) is 23.0 Å². The predicted octanol–water partition coefficient (Wildman–Crippen LogP) is 15.3. The molecule has 2 aliphatic rings.